The van der Waals surface area contributed by atoms with Gasteiger partial charge in [-0.25, -0.2) is 0 Å². The molecule has 0 aliphatic rings. The Morgan fingerprint density at radius 2 is 1.86 bits per heavy atom. The van der Waals surface area contributed by atoms with Crippen LogP contribution < -0.4 is 10.6 Å². The number of aryl methyl sites for hydroxylation is 1. The maximum absolute atomic E-state index is 12.2. The molecule has 0 fully saturated rings. The topological polar surface area (TPSA) is 71.3 Å². The summed E-state index contributed by atoms with van der Waals surface area (Å²) in [4.78, 5) is 23.5. The van der Waals surface area contributed by atoms with E-state index in [2.05, 4.69) is 10.6 Å². The molecule has 0 radical (unpaired) electrons. The van der Waals surface area contributed by atoms with Crippen LogP contribution in [0, 0.1) is 6.92 Å². The summed E-state index contributed by atoms with van der Waals surface area (Å²) in [6.07, 6.45) is 1.51. The Bertz CT molecular complexity index is 687. The second kappa shape index (κ2) is 7.26. The standard InChI is InChI=1S/C17H18N2O3/c1-12-8-9-15(22-12)10-16(19-13(2)20)17(21)18-11-14-6-4-3-5-7-14/h3-10H,11H2,1-2H3,(H,18,21)(H,19,20). The number of furan rings is 1. The first kappa shape index (κ1) is 15.6. The smallest absolute Gasteiger partial charge is 0.268 e. The largest absolute Gasteiger partial charge is 0.462 e. The van der Waals surface area contributed by atoms with E-state index in [1.807, 2.05) is 37.3 Å². The average Bonchev–Trinajstić information content (AvgIpc) is 2.90. The molecular formula is C17H18N2O3. The van der Waals surface area contributed by atoms with Gasteiger partial charge in [0.15, 0.2) is 0 Å². The van der Waals surface area contributed by atoms with E-state index in [-0.39, 0.29) is 17.5 Å². The average molecular weight is 298 g/mol. The van der Waals surface area contributed by atoms with E-state index in [0.717, 1.165) is 11.3 Å². The fourth-order valence-corrected chi connectivity index (χ4v) is 1.89. The first-order chi connectivity index (χ1) is 10.5. The number of benzene rings is 1. The Morgan fingerprint density at radius 1 is 1.14 bits per heavy atom. The quantitative estimate of drug-likeness (QED) is 0.833. The third kappa shape index (κ3) is 4.63. The first-order valence-corrected chi connectivity index (χ1v) is 6.92. The normalized spacial score (nSPS) is 11.1. The third-order valence-corrected chi connectivity index (χ3v) is 2.90. The summed E-state index contributed by atoms with van der Waals surface area (Å²) in [6.45, 7) is 3.55. The van der Waals surface area contributed by atoms with E-state index in [0.29, 0.717) is 12.3 Å². The maximum atomic E-state index is 12.2. The molecule has 0 unspecified atom stereocenters. The Morgan fingerprint density at radius 3 is 2.45 bits per heavy atom. The highest BCUT2D eigenvalue weighted by molar-refractivity contribution is 6.00. The number of amides is 2. The highest BCUT2D eigenvalue weighted by Crippen LogP contribution is 2.10. The summed E-state index contributed by atoms with van der Waals surface area (Å²) in [6, 6.07) is 13.1. The van der Waals surface area contributed by atoms with E-state index in [1.54, 1.807) is 12.1 Å². The van der Waals surface area contributed by atoms with Gasteiger partial charge in [-0.05, 0) is 24.6 Å². The predicted octanol–water partition coefficient (Wildman–Crippen LogP) is 2.38. The first-order valence-electron chi connectivity index (χ1n) is 6.92. The Balaban J connectivity index is 2.09. The zero-order valence-electron chi connectivity index (χ0n) is 12.6. The van der Waals surface area contributed by atoms with Gasteiger partial charge >= 0.3 is 0 Å². The molecule has 22 heavy (non-hydrogen) atoms. The number of rotatable bonds is 5. The van der Waals surface area contributed by atoms with Gasteiger partial charge in [-0.1, -0.05) is 30.3 Å². The summed E-state index contributed by atoms with van der Waals surface area (Å²) >= 11 is 0. The van der Waals surface area contributed by atoms with Crippen LogP contribution in [0.3, 0.4) is 0 Å². The van der Waals surface area contributed by atoms with E-state index in [1.165, 1.54) is 13.0 Å². The third-order valence-electron chi connectivity index (χ3n) is 2.90. The van der Waals surface area contributed by atoms with Crippen molar-refractivity contribution >= 4 is 17.9 Å². The predicted molar refractivity (Wildman–Crippen MR) is 83.5 cm³/mol. The molecule has 0 atom stereocenters. The van der Waals surface area contributed by atoms with Crippen LogP contribution in [0.2, 0.25) is 0 Å². The lowest BCUT2D eigenvalue weighted by Gasteiger charge is -2.09. The fourth-order valence-electron chi connectivity index (χ4n) is 1.89. The minimum Gasteiger partial charge on any atom is -0.462 e. The van der Waals surface area contributed by atoms with Gasteiger partial charge in [0.2, 0.25) is 5.91 Å². The van der Waals surface area contributed by atoms with Gasteiger partial charge in [-0.3, -0.25) is 9.59 Å². The van der Waals surface area contributed by atoms with E-state index < -0.39 is 0 Å². The lowest BCUT2D eigenvalue weighted by Crippen LogP contribution is -2.33. The lowest BCUT2D eigenvalue weighted by molar-refractivity contribution is -0.122. The molecule has 0 aliphatic heterocycles. The van der Waals surface area contributed by atoms with Gasteiger partial charge in [-0.15, -0.1) is 0 Å². The molecule has 2 rings (SSSR count). The van der Waals surface area contributed by atoms with Crippen molar-refractivity contribution in [2.75, 3.05) is 0 Å². The van der Waals surface area contributed by atoms with Crippen molar-refractivity contribution in [2.24, 2.45) is 0 Å². The summed E-state index contributed by atoms with van der Waals surface area (Å²) < 4.78 is 5.40. The van der Waals surface area contributed by atoms with Gasteiger partial charge in [0.05, 0.1) is 0 Å². The van der Waals surface area contributed by atoms with Crippen molar-refractivity contribution in [3.8, 4) is 0 Å². The van der Waals surface area contributed by atoms with Gasteiger partial charge in [-0.2, -0.15) is 0 Å². The zero-order valence-corrected chi connectivity index (χ0v) is 12.6. The van der Waals surface area contributed by atoms with Crippen LogP contribution >= 0.6 is 0 Å². The van der Waals surface area contributed by atoms with Crippen molar-refractivity contribution in [3.63, 3.8) is 0 Å². The Labute approximate surface area is 129 Å². The molecule has 1 aromatic heterocycles. The van der Waals surface area contributed by atoms with Crippen LogP contribution in [0.1, 0.15) is 24.0 Å². The van der Waals surface area contributed by atoms with Crippen molar-refractivity contribution in [1.82, 2.24) is 10.6 Å². The molecule has 1 aromatic carbocycles. The molecule has 0 bridgehead atoms. The monoisotopic (exact) mass is 298 g/mol. The van der Waals surface area contributed by atoms with Crippen LogP contribution in [0.25, 0.3) is 6.08 Å². The molecule has 5 nitrogen and oxygen atoms in total. The molecule has 0 saturated carbocycles. The Hall–Kier alpha value is -2.82. The Kier molecular flexibility index (Phi) is 5.14. The molecule has 5 heteroatoms. The van der Waals surface area contributed by atoms with Crippen LogP contribution in [-0.4, -0.2) is 11.8 Å². The summed E-state index contributed by atoms with van der Waals surface area (Å²) in [7, 11) is 0. The molecule has 0 spiro atoms. The van der Waals surface area contributed by atoms with Crippen LogP contribution in [0.4, 0.5) is 0 Å². The van der Waals surface area contributed by atoms with Gasteiger partial charge < -0.3 is 15.1 Å². The van der Waals surface area contributed by atoms with Gasteiger partial charge in [0, 0.05) is 19.5 Å². The van der Waals surface area contributed by atoms with Gasteiger partial charge in [0.25, 0.3) is 5.91 Å². The van der Waals surface area contributed by atoms with Crippen molar-refractivity contribution in [1.29, 1.82) is 0 Å². The molecule has 2 aromatic rings. The fraction of sp³-hybridized carbons (Fsp3) is 0.176. The summed E-state index contributed by atoms with van der Waals surface area (Å²) in [5, 5.41) is 5.29. The van der Waals surface area contributed by atoms with Crippen LogP contribution in [-0.2, 0) is 16.1 Å². The molecule has 1 heterocycles. The van der Waals surface area contributed by atoms with Crippen molar-refractivity contribution in [2.45, 2.75) is 20.4 Å². The SMILES string of the molecule is CC(=O)NC(=Cc1ccc(C)o1)C(=O)NCc1ccccc1. The molecule has 2 amide bonds. The maximum Gasteiger partial charge on any atom is 0.268 e. The zero-order chi connectivity index (χ0) is 15.9. The van der Waals surface area contributed by atoms with Crippen molar-refractivity contribution in [3.05, 3.63) is 65.2 Å². The molecule has 2 N–H and O–H groups in total. The molecule has 114 valence electrons. The number of carbonyl (C=O) groups is 2. The summed E-state index contributed by atoms with van der Waals surface area (Å²) in [5.41, 5.74) is 1.13. The molecule has 0 aliphatic carbocycles. The van der Waals surface area contributed by atoms with E-state index in [9.17, 15) is 9.59 Å². The van der Waals surface area contributed by atoms with Crippen molar-refractivity contribution < 1.29 is 14.0 Å². The number of hydrogen-bond donors (Lipinski definition) is 2. The van der Waals surface area contributed by atoms with Crippen LogP contribution in [0.5, 0.6) is 0 Å². The summed E-state index contributed by atoms with van der Waals surface area (Å²) in [5.74, 6) is 0.562. The number of nitrogens with one attached hydrogen (secondary N) is 2. The lowest BCUT2D eigenvalue weighted by atomic mass is 10.2. The minimum absolute atomic E-state index is 0.151. The van der Waals surface area contributed by atoms with E-state index >= 15 is 0 Å². The van der Waals surface area contributed by atoms with E-state index in [4.69, 9.17) is 4.42 Å². The molecular weight excluding hydrogens is 280 g/mol. The number of carbonyl (C=O) groups excluding carboxylic acids is 2. The highest BCUT2D eigenvalue weighted by atomic mass is 16.3. The second-order valence-electron chi connectivity index (χ2n) is 4.86. The van der Waals surface area contributed by atoms with Crippen LogP contribution in [0.15, 0.2) is 52.6 Å². The second-order valence-corrected chi connectivity index (χ2v) is 4.86. The number of hydrogen-bond acceptors (Lipinski definition) is 3. The molecule has 0 saturated heterocycles. The van der Waals surface area contributed by atoms with Gasteiger partial charge in [0.1, 0.15) is 17.2 Å². The minimum atomic E-state index is -0.367. The highest BCUT2D eigenvalue weighted by Gasteiger charge is 2.12.